The maximum Gasteiger partial charge on any atom is 0.352 e. The molecule has 2 unspecified atom stereocenters. The smallest absolute Gasteiger partial charge is 0.352 e. The molecule has 0 aromatic heterocycles. The Morgan fingerprint density at radius 1 is 1.53 bits per heavy atom. The van der Waals surface area contributed by atoms with Gasteiger partial charge in [0.25, 0.3) is 0 Å². The zero-order valence-corrected chi connectivity index (χ0v) is 10.6. The summed E-state index contributed by atoms with van der Waals surface area (Å²) in [7, 11) is 0. The number of ether oxygens (including phenoxy) is 1. The molecule has 1 N–H and O–H groups in total. The third-order valence-corrected chi connectivity index (χ3v) is 4.61. The van der Waals surface area contributed by atoms with Crippen LogP contribution in [0.15, 0.2) is 23.9 Å². The zero-order chi connectivity index (χ0) is 13.6. The van der Waals surface area contributed by atoms with Crippen molar-refractivity contribution in [1.29, 1.82) is 0 Å². The number of fused-ring (bicyclic) bond motifs is 1. The molecule has 7 heteroatoms. The first kappa shape index (κ1) is 12.3. The molecule has 3 aliphatic rings. The molecule has 1 amide bonds. The Kier molecular flexibility index (Phi) is 2.85. The first-order valence-corrected chi connectivity index (χ1v) is 6.80. The number of hydrogen-bond acceptors (Lipinski definition) is 5. The average Bonchev–Trinajstić information content (AvgIpc) is 2.72. The number of esters is 1. The van der Waals surface area contributed by atoms with Crippen LogP contribution in [0.3, 0.4) is 0 Å². The van der Waals surface area contributed by atoms with Gasteiger partial charge in [-0.2, -0.15) is 0 Å². The summed E-state index contributed by atoms with van der Waals surface area (Å²) in [5.41, 5.74) is 0.0401. The Morgan fingerprint density at radius 3 is 2.89 bits per heavy atom. The van der Waals surface area contributed by atoms with Crippen molar-refractivity contribution in [3.63, 3.8) is 0 Å². The highest BCUT2D eigenvalue weighted by molar-refractivity contribution is 8.00. The molecule has 0 aliphatic carbocycles. The first-order chi connectivity index (χ1) is 9.04. The minimum Gasteiger partial charge on any atom is -0.477 e. The monoisotopic (exact) mass is 281 g/mol. The third-order valence-electron chi connectivity index (χ3n) is 3.24. The van der Waals surface area contributed by atoms with Crippen LogP contribution in [0.5, 0.6) is 0 Å². The van der Waals surface area contributed by atoms with Gasteiger partial charge in [0.05, 0.1) is 11.8 Å². The van der Waals surface area contributed by atoms with Gasteiger partial charge in [0.2, 0.25) is 5.91 Å². The van der Waals surface area contributed by atoms with Crippen LogP contribution in [0, 0.1) is 0 Å². The van der Waals surface area contributed by atoms with Crippen LogP contribution in [0.25, 0.3) is 0 Å². The molecule has 1 saturated heterocycles. The van der Waals surface area contributed by atoms with E-state index in [1.165, 1.54) is 22.7 Å². The van der Waals surface area contributed by atoms with E-state index in [-0.39, 0.29) is 34.3 Å². The first-order valence-electron chi connectivity index (χ1n) is 5.86. The fourth-order valence-corrected chi connectivity index (χ4v) is 3.85. The van der Waals surface area contributed by atoms with Crippen LogP contribution in [-0.2, 0) is 19.1 Å². The van der Waals surface area contributed by atoms with Gasteiger partial charge in [-0.3, -0.25) is 9.69 Å². The summed E-state index contributed by atoms with van der Waals surface area (Å²) in [5, 5.41) is 8.96. The van der Waals surface area contributed by atoms with Crippen molar-refractivity contribution in [1.82, 2.24) is 4.90 Å². The Bertz CT molecular complexity index is 526. The van der Waals surface area contributed by atoms with Gasteiger partial charge < -0.3 is 9.84 Å². The number of cyclic esters (lactones) is 1. The van der Waals surface area contributed by atoms with Crippen LogP contribution in [0.2, 0.25) is 0 Å². The molecule has 3 aliphatic heterocycles. The summed E-state index contributed by atoms with van der Waals surface area (Å²) >= 11 is 1.53. The summed E-state index contributed by atoms with van der Waals surface area (Å²) in [6, 6.07) is 0. The Balaban J connectivity index is 1.74. The van der Waals surface area contributed by atoms with Gasteiger partial charge in [-0.1, -0.05) is 0 Å². The number of β-lactam (4-membered cyclic amide) rings is 1. The van der Waals surface area contributed by atoms with Crippen molar-refractivity contribution < 1.29 is 24.2 Å². The predicted molar refractivity (Wildman–Crippen MR) is 66.0 cm³/mol. The molecular formula is C12H11NO5S. The highest BCUT2D eigenvalue weighted by Gasteiger charge is 2.45. The van der Waals surface area contributed by atoms with Crippen molar-refractivity contribution in [2.24, 2.45) is 0 Å². The lowest BCUT2D eigenvalue weighted by Gasteiger charge is -2.44. The van der Waals surface area contributed by atoms with Gasteiger partial charge in [-0.15, -0.1) is 11.8 Å². The SMILES string of the molecule is O=C1C=CC(CC2C=C(C(=O)O)N3C(=O)C[C@H]3S2)O1. The molecular weight excluding hydrogens is 270 g/mol. The molecule has 1 fully saturated rings. The minimum absolute atomic E-state index is 0.0401. The van der Waals surface area contributed by atoms with Crippen molar-refractivity contribution >= 4 is 29.6 Å². The molecule has 6 nitrogen and oxygen atoms in total. The van der Waals surface area contributed by atoms with Crippen LogP contribution in [-0.4, -0.2) is 44.6 Å². The van der Waals surface area contributed by atoms with E-state index in [1.54, 1.807) is 12.2 Å². The van der Waals surface area contributed by atoms with E-state index in [1.807, 2.05) is 0 Å². The highest BCUT2D eigenvalue weighted by Crippen LogP contribution is 2.42. The van der Waals surface area contributed by atoms with Crippen LogP contribution < -0.4 is 0 Å². The van der Waals surface area contributed by atoms with E-state index in [0.717, 1.165) is 0 Å². The Hall–Kier alpha value is -1.76. The number of aliphatic carboxylic acids is 1. The summed E-state index contributed by atoms with van der Waals surface area (Å²) in [6.07, 6.45) is 5.21. The number of amides is 1. The van der Waals surface area contributed by atoms with Gasteiger partial charge in [-0.25, -0.2) is 9.59 Å². The molecule has 100 valence electrons. The number of carboxylic acid groups (broad SMARTS) is 1. The van der Waals surface area contributed by atoms with E-state index >= 15 is 0 Å². The summed E-state index contributed by atoms with van der Waals surface area (Å²) in [4.78, 5) is 34.8. The fourth-order valence-electron chi connectivity index (χ4n) is 2.35. The van der Waals surface area contributed by atoms with Gasteiger partial charge in [0.1, 0.15) is 11.8 Å². The zero-order valence-electron chi connectivity index (χ0n) is 9.81. The lowest BCUT2D eigenvalue weighted by atomic mass is 10.1. The summed E-state index contributed by atoms with van der Waals surface area (Å²) in [5.74, 6) is -1.62. The number of rotatable bonds is 3. The second-order valence-corrected chi connectivity index (χ2v) is 5.95. The normalized spacial score (nSPS) is 32.5. The Labute approximate surface area is 113 Å². The lowest BCUT2D eigenvalue weighted by molar-refractivity contribution is -0.146. The summed E-state index contributed by atoms with van der Waals surface area (Å²) in [6.45, 7) is 0. The van der Waals surface area contributed by atoms with E-state index in [2.05, 4.69) is 0 Å². The molecule has 3 rings (SSSR count). The van der Waals surface area contributed by atoms with Gasteiger partial charge >= 0.3 is 11.9 Å². The fraction of sp³-hybridized carbons (Fsp3) is 0.417. The van der Waals surface area contributed by atoms with Gasteiger partial charge in [-0.05, 0) is 12.2 Å². The van der Waals surface area contributed by atoms with E-state index in [9.17, 15) is 14.4 Å². The number of carbonyl (C=O) groups excluding carboxylic acids is 2. The van der Waals surface area contributed by atoms with E-state index in [0.29, 0.717) is 12.8 Å². The van der Waals surface area contributed by atoms with Gasteiger partial charge in [0, 0.05) is 17.7 Å². The Morgan fingerprint density at radius 2 is 2.32 bits per heavy atom. The van der Waals surface area contributed by atoms with Crippen LogP contribution in [0.4, 0.5) is 0 Å². The molecule has 0 radical (unpaired) electrons. The number of hydrogen-bond donors (Lipinski definition) is 1. The number of thioether (sulfide) groups is 1. The predicted octanol–water partition coefficient (Wildman–Crippen LogP) is 0.500. The number of nitrogens with zero attached hydrogens (tertiary/aromatic N) is 1. The van der Waals surface area contributed by atoms with Crippen molar-refractivity contribution in [2.75, 3.05) is 0 Å². The van der Waals surface area contributed by atoms with Crippen molar-refractivity contribution in [3.8, 4) is 0 Å². The maximum atomic E-state index is 11.4. The molecule has 3 heterocycles. The average molecular weight is 281 g/mol. The standard InChI is InChI=1S/C12H11NO5S/c14-9-5-10-13(9)8(12(16)17)4-7(19-10)3-6-1-2-11(15)18-6/h1-2,4,6-7,10H,3,5H2,(H,16,17)/t6?,7?,10-/m1/s1. The quantitative estimate of drug-likeness (QED) is 0.599. The minimum atomic E-state index is -1.10. The second kappa shape index (κ2) is 4.41. The van der Waals surface area contributed by atoms with Crippen molar-refractivity contribution in [3.05, 3.63) is 23.9 Å². The molecule has 19 heavy (non-hydrogen) atoms. The van der Waals surface area contributed by atoms with Crippen LogP contribution in [0.1, 0.15) is 12.8 Å². The molecule has 0 saturated carbocycles. The van der Waals surface area contributed by atoms with Crippen molar-refractivity contribution in [2.45, 2.75) is 29.6 Å². The summed E-state index contributed by atoms with van der Waals surface area (Å²) < 4.78 is 5.04. The number of carbonyl (C=O) groups is 3. The van der Waals surface area contributed by atoms with Gasteiger partial charge in [0.15, 0.2) is 0 Å². The maximum absolute atomic E-state index is 11.4. The second-order valence-electron chi connectivity index (χ2n) is 4.52. The molecule has 0 aromatic carbocycles. The van der Waals surface area contributed by atoms with E-state index < -0.39 is 5.97 Å². The molecule has 3 atom stereocenters. The number of carboxylic acids is 1. The third kappa shape index (κ3) is 2.14. The van der Waals surface area contributed by atoms with E-state index in [4.69, 9.17) is 9.84 Å². The molecule has 0 spiro atoms. The largest absolute Gasteiger partial charge is 0.477 e. The lowest BCUT2D eigenvalue weighted by Crippen LogP contribution is -2.54. The highest BCUT2D eigenvalue weighted by atomic mass is 32.2. The molecule has 0 bridgehead atoms. The topological polar surface area (TPSA) is 83.9 Å². The van der Waals surface area contributed by atoms with Crippen LogP contribution >= 0.6 is 11.8 Å². The molecule has 0 aromatic rings.